The van der Waals surface area contributed by atoms with Gasteiger partial charge in [0.05, 0.1) is 10.5 Å². The van der Waals surface area contributed by atoms with Crippen LogP contribution in [0.4, 0.5) is 11.4 Å². The zero-order valence-electron chi connectivity index (χ0n) is 20.4. The molecule has 3 aromatic carbocycles. The molecule has 0 bridgehead atoms. The average molecular weight is 494 g/mol. The van der Waals surface area contributed by atoms with Gasteiger partial charge in [0.1, 0.15) is 17.2 Å². The standard InChI is InChI=1S/C24H21N3O7.C2H6/c1-15-11-19(8-10-22(15)27(31)32)33-14-23(29)26-17-3-5-18(6-4-17)34-20-7-9-21(24(30)25-2)16(12-20)13-28;1-2/h3-13H,14H2,1-2H3,(H,25,30)(H,26,29);1-2H3. The van der Waals surface area contributed by atoms with E-state index in [9.17, 15) is 24.5 Å². The van der Waals surface area contributed by atoms with Gasteiger partial charge in [0.25, 0.3) is 17.5 Å². The molecular weight excluding hydrogens is 466 g/mol. The van der Waals surface area contributed by atoms with Crippen molar-refractivity contribution >= 4 is 29.5 Å². The van der Waals surface area contributed by atoms with Crippen LogP contribution >= 0.6 is 0 Å². The summed E-state index contributed by atoms with van der Waals surface area (Å²) in [6, 6.07) is 15.3. The Labute approximate surface area is 208 Å². The molecule has 0 aliphatic carbocycles. The van der Waals surface area contributed by atoms with Crippen LogP contribution in [0.25, 0.3) is 0 Å². The molecule has 0 atom stereocenters. The molecule has 0 radical (unpaired) electrons. The number of ether oxygens (including phenoxy) is 2. The number of rotatable bonds is 9. The second kappa shape index (κ2) is 13.2. The van der Waals surface area contributed by atoms with E-state index in [1.807, 2.05) is 13.8 Å². The zero-order valence-corrected chi connectivity index (χ0v) is 20.4. The second-order valence-corrected chi connectivity index (χ2v) is 7.11. The van der Waals surface area contributed by atoms with Crippen LogP contribution in [0.3, 0.4) is 0 Å². The predicted octanol–water partition coefficient (Wildman–Crippen LogP) is 4.91. The van der Waals surface area contributed by atoms with E-state index >= 15 is 0 Å². The maximum absolute atomic E-state index is 12.2. The van der Waals surface area contributed by atoms with Gasteiger partial charge in [-0.2, -0.15) is 0 Å². The van der Waals surface area contributed by atoms with Gasteiger partial charge in [-0.25, -0.2) is 0 Å². The molecule has 0 aliphatic rings. The molecular formula is C26H27N3O7. The molecule has 0 heterocycles. The van der Waals surface area contributed by atoms with Crippen molar-refractivity contribution < 1.29 is 28.8 Å². The number of carbonyl (C=O) groups is 3. The number of hydrogen-bond acceptors (Lipinski definition) is 7. The number of anilines is 1. The Hall–Kier alpha value is -4.73. The highest BCUT2D eigenvalue weighted by Gasteiger charge is 2.13. The molecule has 0 fully saturated rings. The highest BCUT2D eigenvalue weighted by molar-refractivity contribution is 6.01. The van der Waals surface area contributed by atoms with Gasteiger partial charge in [-0.05, 0) is 61.5 Å². The summed E-state index contributed by atoms with van der Waals surface area (Å²) in [5, 5.41) is 16.0. The first-order valence-corrected chi connectivity index (χ1v) is 11.1. The number of nitrogens with one attached hydrogen (secondary N) is 2. The van der Waals surface area contributed by atoms with Gasteiger partial charge in [-0.3, -0.25) is 24.5 Å². The molecule has 2 amide bonds. The third kappa shape index (κ3) is 7.39. The fourth-order valence-electron chi connectivity index (χ4n) is 3.05. The molecule has 0 saturated carbocycles. The van der Waals surface area contributed by atoms with E-state index in [1.165, 1.54) is 37.4 Å². The topological polar surface area (TPSA) is 137 Å². The van der Waals surface area contributed by atoms with E-state index in [-0.39, 0.29) is 29.3 Å². The van der Waals surface area contributed by atoms with Crippen molar-refractivity contribution in [1.29, 1.82) is 0 Å². The van der Waals surface area contributed by atoms with Gasteiger partial charge in [-0.15, -0.1) is 0 Å². The molecule has 0 saturated heterocycles. The van der Waals surface area contributed by atoms with Crippen molar-refractivity contribution in [1.82, 2.24) is 5.32 Å². The highest BCUT2D eigenvalue weighted by Crippen LogP contribution is 2.26. The lowest BCUT2D eigenvalue weighted by Gasteiger charge is -2.10. The van der Waals surface area contributed by atoms with Crippen molar-refractivity contribution in [2.75, 3.05) is 19.0 Å². The maximum atomic E-state index is 12.2. The van der Waals surface area contributed by atoms with Gasteiger partial charge in [0.15, 0.2) is 12.9 Å². The van der Waals surface area contributed by atoms with E-state index in [1.54, 1.807) is 37.3 Å². The minimum Gasteiger partial charge on any atom is -0.484 e. The lowest BCUT2D eigenvalue weighted by Crippen LogP contribution is -2.20. The zero-order chi connectivity index (χ0) is 26.7. The van der Waals surface area contributed by atoms with Crippen LogP contribution in [0.5, 0.6) is 17.2 Å². The Morgan fingerprint density at radius 1 is 0.972 bits per heavy atom. The summed E-state index contributed by atoms with van der Waals surface area (Å²) in [5.41, 5.74) is 1.35. The van der Waals surface area contributed by atoms with Gasteiger partial charge in [-0.1, -0.05) is 13.8 Å². The van der Waals surface area contributed by atoms with E-state index in [0.717, 1.165) is 0 Å². The van der Waals surface area contributed by atoms with Gasteiger partial charge >= 0.3 is 0 Å². The SMILES string of the molecule is CC.CNC(=O)c1ccc(Oc2ccc(NC(=O)COc3ccc([N+](=O)[O-])c(C)c3)cc2)cc1C=O. The molecule has 0 aromatic heterocycles. The molecule has 3 aromatic rings. The molecule has 36 heavy (non-hydrogen) atoms. The van der Waals surface area contributed by atoms with E-state index in [0.29, 0.717) is 34.8 Å². The van der Waals surface area contributed by atoms with Gasteiger partial charge < -0.3 is 20.1 Å². The quantitative estimate of drug-likeness (QED) is 0.245. The third-order valence-corrected chi connectivity index (χ3v) is 4.73. The fourth-order valence-corrected chi connectivity index (χ4v) is 3.05. The molecule has 2 N–H and O–H groups in total. The summed E-state index contributed by atoms with van der Waals surface area (Å²) in [5.74, 6) is 0.393. The normalized spacial score (nSPS) is 9.78. The third-order valence-electron chi connectivity index (χ3n) is 4.73. The Morgan fingerprint density at radius 3 is 2.19 bits per heavy atom. The number of carbonyl (C=O) groups excluding carboxylic acids is 3. The van der Waals surface area contributed by atoms with Crippen LogP contribution in [0.1, 0.15) is 40.1 Å². The Morgan fingerprint density at radius 2 is 1.61 bits per heavy atom. The van der Waals surface area contributed by atoms with Crippen LogP contribution in [0, 0.1) is 17.0 Å². The molecule has 10 nitrogen and oxygen atoms in total. The summed E-state index contributed by atoms with van der Waals surface area (Å²) >= 11 is 0. The molecule has 188 valence electrons. The average Bonchev–Trinajstić information content (AvgIpc) is 2.89. The van der Waals surface area contributed by atoms with Gasteiger partial charge in [0.2, 0.25) is 0 Å². The monoisotopic (exact) mass is 493 g/mol. The number of aldehydes is 1. The van der Waals surface area contributed by atoms with Crippen LogP contribution in [0.2, 0.25) is 0 Å². The molecule has 0 aliphatic heterocycles. The first kappa shape index (κ1) is 27.5. The van der Waals surface area contributed by atoms with Gasteiger partial charge in [0, 0.05) is 29.9 Å². The minimum absolute atomic E-state index is 0.0242. The number of nitrogens with zero attached hydrogens (tertiary/aromatic N) is 1. The lowest BCUT2D eigenvalue weighted by atomic mass is 10.1. The molecule has 10 heteroatoms. The first-order valence-electron chi connectivity index (χ1n) is 11.1. The number of hydrogen-bond donors (Lipinski definition) is 2. The summed E-state index contributed by atoms with van der Waals surface area (Å²) in [7, 11) is 1.48. The van der Waals surface area contributed by atoms with Crippen molar-refractivity contribution in [2.24, 2.45) is 0 Å². The summed E-state index contributed by atoms with van der Waals surface area (Å²) in [6.45, 7) is 5.31. The maximum Gasteiger partial charge on any atom is 0.272 e. The number of aryl methyl sites for hydroxylation is 1. The Bertz CT molecular complexity index is 1240. The minimum atomic E-state index is -0.486. The molecule has 3 rings (SSSR count). The highest BCUT2D eigenvalue weighted by atomic mass is 16.6. The van der Waals surface area contributed by atoms with Crippen molar-refractivity contribution in [3.05, 3.63) is 87.5 Å². The van der Waals surface area contributed by atoms with Crippen LogP contribution in [-0.4, -0.2) is 36.7 Å². The number of benzene rings is 3. The number of amides is 2. The van der Waals surface area contributed by atoms with Crippen molar-refractivity contribution in [2.45, 2.75) is 20.8 Å². The summed E-state index contributed by atoms with van der Waals surface area (Å²) in [6.07, 6.45) is 0.579. The first-order chi connectivity index (χ1) is 17.3. The lowest BCUT2D eigenvalue weighted by molar-refractivity contribution is -0.385. The Balaban J connectivity index is 0.00000222. The Kier molecular flexibility index (Phi) is 10.1. The summed E-state index contributed by atoms with van der Waals surface area (Å²) in [4.78, 5) is 45.6. The van der Waals surface area contributed by atoms with E-state index in [4.69, 9.17) is 9.47 Å². The van der Waals surface area contributed by atoms with E-state index < -0.39 is 10.8 Å². The number of nitro groups is 1. The van der Waals surface area contributed by atoms with Crippen LogP contribution in [0.15, 0.2) is 60.7 Å². The van der Waals surface area contributed by atoms with Crippen LogP contribution in [-0.2, 0) is 4.79 Å². The largest absolute Gasteiger partial charge is 0.484 e. The van der Waals surface area contributed by atoms with Crippen molar-refractivity contribution in [3.8, 4) is 17.2 Å². The van der Waals surface area contributed by atoms with E-state index in [2.05, 4.69) is 10.6 Å². The molecule has 0 unspecified atom stereocenters. The smallest absolute Gasteiger partial charge is 0.272 e. The van der Waals surface area contributed by atoms with Crippen molar-refractivity contribution in [3.63, 3.8) is 0 Å². The number of nitro benzene ring substituents is 1. The predicted molar refractivity (Wildman–Crippen MR) is 135 cm³/mol. The van der Waals surface area contributed by atoms with Crippen LogP contribution < -0.4 is 20.1 Å². The fraction of sp³-hybridized carbons (Fsp3) is 0.192. The molecule has 0 spiro atoms. The second-order valence-electron chi connectivity index (χ2n) is 7.11. The summed E-state index contributed by atoms with van der Waals surface area (Å²) < 4.78 is 11.1.